The maximum atomic E-state index is 13.5. The highest BCUT2D eigenvalue weighted by Crippen LogP contribution is 2.33. The Morgan fingerprint density at radius 2 is 1.89 bits per heavy atom. The number of anilines is 3. The molecule has 1 aromatic carbocycles. The van der Waals surface area contributed by atoms with Crippen LogP contribution in [0.4, 0.5) is 17.6 Å². The fraction of sp³-hybridized carbons (Fsp3) is 0.360. The first-order valence-electron chi connectivity index (χ1n) is 12.2. The van der Waals surface area contributed by atoms with Gasteiger partial charge in [0.1, 0.15) is 22.2 Å². The zero-order valence-electron chi connectivity index (χ0n) is 19.7. The van der Waals surface area contributed by atoms with Crippen molar-refractivity contribution in [2.45, 2.75) is 18.9 Å². The van der Waals surface area contributed by atoms with E-state index < -0.39 is 0 Å². The van der Waals surface area contributed by atoms with Crippen LogP contribution in [0, 0.1) is 0 Å². The number of rotatable bonds is 5. The van der Waals surface area contributed by atoms with E-state index >= 15 is 0 Å². The number of piperidine rings is 1. The maximum absolute atomic E-state index is 13.5. The van der Waals surface area contributed by atoms with E-state index in [2.05, 4.69) is 30.4 Å². The number of nitrogens with zero attached hydrogens (tertiary/aromatic N) is 5. The van der Waals surface area contributed by atoms with Crippen LogP contribution in [-0.4, -0.2) is 65.2 Å². The number of para-hydroxylation sites is 1. The van der Waals surface area contributed by atoms with Crippen molar-refractivity contribution in [3.8, 4) is 10.6 Å². The second kappa shape index (κ2) is 10.0. The summed E-state index contributed by atoms with van der Waals surface area (Å²) in [5.74, 6) is 2.09. The van der Waals surface area contributed by atoms with E-state index in [1.165, 1.54) is 11.3 Å². The molecule has 1 unspecified atom stereocenters. The molecule has 4 aromatic rings. The zero-order valence-corrected chi connectivity index (χ0v) is 21.3. The molecule has 2 fully saturated rings. The third kappa shape index (κ3) is 4.76. The van der Waals surface area contributed by atoms with Gasteiger partial charge in [-0.2, -0.15) is 4.98 Å². The molecule has 1 atom stereocenters. The zero-order chi connectivity index (χ0) is 24.5. The summed E-state index contributed by atoms with van der Waals surface area (Å²) in [6.07, 6.45) is 3.79. The van der Waals surface area contributed by atoms with Crippen LogP contribution >= 0.6 is 22.9 Å². The van der Waals surface area contributed by atoms with Gasteiger partial charge in [-0.25, -0.2) is 9.97 Å². The van der Waals surface area contributed by atoms with Crippen LogP contribution in [0.15, 0.2) is 47.4 Å². The maximum Gasteiger partial charge on any atom is 0.264 e. The Bertz CT molecular complexity index is 1370. The molecule has 186 valence electrons. The molecular formula is C25H27ClN8OS. The number of aromatic amines is 1. The number of halogens is 1. The number of H-pyrrole nitrogens is 1. The lowest BCUT2D eigenvalue weighted by atomic mass is 10.1. The molecular weight excluding hydrogens is 496 g/mol. The smallest absolute Gasteiger partial charge is 0.264 e. The third-order valence-corrected chi connectivity index (χ3v) is 7.94. The topological polar surface area (TPSA) is 102 Å². The minimum atomic E-state index is -0.174. The lowest BCUT2D eigenvalue weighted by molar-refractivity contribution is 0.479. The second-order valence-electron chi connectivity index (χ2n) is 9.10. The van der Waals surface area contributed by atoms with E-state index in [-0.39, 0.29) is 11.6 Å². The molecule has 0 bridgehead atoms. The molecule has 3 aromatic heterocycles. The summed E-state index contributed by atoms with van der Waals surface area (Å²) in [5.41, 5.74) is 1.22. The van der Waals surface area contributed by atoms with Gasteiger partial charge < -0.3 is 20.4 Å². The Labute approximate surface area is 217 Å². The highest BCUT2D eigenvalue weighted by Gasteiger charge is 2.25. The van der Waals surface area contributed by atoms with Crippen LogP contribution in [0.2, 0.25) is 5.02 Å². The summed E-state index contributed by atoms with van der Waals surface area (Å²) in [5, 5.41) is 8.31. The van der Waals surface area contributed by atoms with E-state index in [0.717, 1.165) is 68.1 Å². The highest BCUT2D eigenvalue weighted by atomic mass is 35.5. The summed E-state index contributed by atoms with van der Waals surface area (Å²) in [4.78, 5) is 35.0. The Hall–Kier alpha value is -3.21. The predicted octanol–water partition coefficient (Wildman–Crippen LogP) is 3.59. The van der Waals surface area contributed by atoms with E-state index in [0.29, 0.717) is 27.4 Å². The molecule has 2 aliphatic rings. The number of thiazole rings is 1. The molecule has 0 radical (unpaired) electrons. The van der Waals surface area contributed by atoms with Gasteiger partial charge in [0.2, 0.25) is 5.95 Å². The molecule has 2 saturated heterocycles. The van der Waals surface area contributed by atoms with Crippen molar-refractivity contribution in [1.82, 2.24) is 25.3 Å². The number of nitrogens with one attached hydrogen (secondary N) is 3. The summed E-state index contributed by atoms with van der Waals surface area (Å²) >= 11 is 7.51. The molecule has 0 saturated carbocycles. The normalized spacial score (nSPS) is 18.5. The minimum absolute atomic E-state index is 0.174. The number of hydrogen-bond acceptors (Lipinski definition) is 9. The van der Waals surface area contributed by atoms with Crippen molar-refractivity contribution in [3.05, 3.63) is 58.0 Å². The van der Waals surface area contributed by atoms with Crippen molar-refractivity contribution in [2.24, 2.45) is 0 Å². The standard InChI is InChI=1S/C25H27ClN8OS/c26-16-7-8-20(28-14-16)33-10-12-34(13-11-33)25-31-22(29-17-4-3-9-27-15-17)21(23(35)32-25)24-30-18-5-1-2-6-19(18)36-24/h1-2,5-8,14,17,27H,3-4,9-13,15H2,(H2,29,31,32,35). The molecule has 0 spiro atoms. The van der Waals surface area contributed by atoms with Crippen molar-refractivity contribution in [3.63, 3.8) is 0 Å². The number of pyridine rings is 1. The summed E-state index contributed by atoms with van der Waals surface area (Å²) in [6, 6.07) is 11.9. The van der Waals surface area contributed by atoms with E-state index in [1.54, 1.807) is 6.20 Å². The first kappa shape index (κ1) is 23.2. The molecule has 5 heterocycles. The van der Waals surface area contributed by atoms with Gasteiger partial charge in [-0.3, -0.25) is 9.78 Å². The number of fused-ring (bicyclic) bond motifs is 1. The summed E-state index contributed by atoms with van der Waals surface area (Å²) < 4.78 is 1.05. The number of hydrogen-bond donors (Lipinski definition) is 3. The van der Waals surface area contributed by atoms with Gasteiger partial charge in [0.25, 0.3) is 5.56 Å². The van der Waals surface area contributed by atoms with Crippen LogP contribution < -0.4 is 26.0 Å². The largest absolute Gasteiger partial charge is 0.365 e. The SMILES string of the molecule is O=c1[nH]c(N2CCN(c3ccc(Cl)cn3)CC2)nc(NC2CCCNC2)c1-c1nc2ccccc2s1. The second-order valence-corrected chi connectivity index (χ2v) is 10.6. The predicted molar refractivity (Wildman–Crippen MR) is 147 cm³/mol. The minimum Gasteiger partial charge on any atom is -0.365 e. The Morgan fingerprint density at radius 1 is 1.06 bits per heavy atom. The third-order valence-electron chi connectivity index (χ3n) is 6.67. The van der Waals surface area contributed by atoms with Gasteiger partial charge in [0, 0.05) is 45.0 Å². The lowest BCUT2D eigenvalue weighted by Crippen LogP contribution is -2.48. The molecule has 2 aliphatic heterocycles. The number of aromatic nitrogens is 4. The van der Waals surface area contributed by atoms with E-state index in [9.17, 15) is 4.79 Å². The fourth-order valence-electron chi connectivity index (χ4n) is 4.76. The monoisotopic (exact) mass is 522 g/mol. The van der Waals surface area contributed by atoms with Gasteiger partial charge in [-0.1, -0.05) is 23.7 Å². The van der Waals surface area contributed by atoms with Gasteiger partial charge in [0.05, 0.1) is 15.2 Å². The molecule has 0 aliphatic carbocycles. The van der Waals surface area contributed by atoms with Crippen molar-refractivity contribution < 1.29 is 0 Å². The van der Waals surface area contributed by atoms with Crippen LogP contribution in [0.5, 0.6) is 0 Å². The Balaban J connectivity index is 1.30. The van der Waals surface area contributed by atoms with Gasteiger partial charge in [-0.05, 0) is 43.7 Å². The van der Waals surface area contributed by atoms with Gasteiger partial charge >= 0.3 is 0 Å². The first-order valence-corrected chi connectivity index (χ1v) is 13.4. The molecule has 0 amide bonds. The van der Waals surface area contributed by atoms with Gasteiger partial charge in [0.15, 0.2) is 0 Å². The quantitative estimate of drug-likeness (QED) is 0.365. The molecule has 11 heteroatoms. The summed E-state index contributed by atoms with van der Waals surface area (Å²) in [7, 11) is 0. The van der Waals surface area contributed by atoms with Crippen LogP contribution in [0.1, 0.15) is 12.8 Å². The molecule has 9 nitrogen and oxygen atoms in total. The Morgan fingerprint density at radius 3 is 2.64 bits per heavy atom. The average Bonchev–Trinajstić information content (AvgIpc) is 3.33. The summed E-state index contributed by atoms with van der Waals surface area (Å²) in [6.45, 7) is 4.84. The fourth-order valence-corrected chi connectivity index (χ4v) is 5.88. The number of piperazine rings is 1. The molecule has 3 N–H and O–H groups in total. The van der Waals surface area contributed by atoms with Gasteiger partial charge in [-0.15, -0.1) is 11.3 Å². The van der Waals surface area contributed by atoms with Crippen molar-refractivity contribution >= 4 is 50.7 Å². The number of benzene rings is 1. The van der Waals surface area contributed by atoms with E-state index in [1.807, 2.05) is 36.4 Å². The van der Waals surface area contributed by atoms with Crippen LogP contribution in [0.25, 0.3) is 20.8 Å². The average molecular weight is 523 g/mol. The first-order chi connectivity index (χ1) is 17.6. The molecule has 36 heavy (non-hydrogen) atoms. The van der Waals surface area contributed by atoms with E-state index in [4.69, 9.17) is 21.6 Å². The highest BCUT2D eigenvalue weighted by molar-refractivity contribution is 7.21. The van der Waals surface area contributed by atoms with Crippen LogP contribution in [-0.2, 0) is 0 Å². The molecule has 6 rings (SSSR count). The van der Waals surface area contributed by atoms with Crippen LogP contribution in [0.3, 0.4) is 0 Å². The van der Waals surface area contributed by atoms with Crippen molar-refractivity contribution in [2.75, 3.05) is 54.4 Å². The van der Waals surface area contributed by atoms with Crippen molar-refractivity contribution in [1.29, 1.82) is 0 Å². The lowest BCUT2D eigenvalue weighted by Gasteiger charge is -2.36. The Kier molecular flexibility index (Phi) is 6.47.